The van der Waals surface area contributed by atoms with E-state index < -0.39 is 0 Å². The molecule has 2 aromatic carbocycles. The molecule has 0 amide bonds. The van der Waals surface area contributed by atoms with Gasteiger partial charge in [-0.2, -0.15) is 0 Å². The van der Waals surface area contributed by atoms with Gasteiger partial charge in [-0.3, -0.25) is 0 Å². The molecule has 3 nitrogen and oxygen atoms in total. The van der Waals surface area contributed by atoms with Crippen LogP contribution < -0.4 is 0 Å². The summed E-state index contributed by atoms with van der Waals surface area (Å²) in [7, 11) is 0. The molecule has 0 aliphatic rings. The second kappa shape index (κ2) is 8.78. The van der Waals surface area contributed by atoms with E-state index in [4.69, 9.17) is 4.98 Å². The lowest BCUT2D eigenvalue weighted by Crippen LogP contribution is -2.24. The molecule has 174 valence electrons. The van der Waals surface area contributed by atoms with Crippen LogP contribution >= 0.6 is 0 Å². The van der Waals surface area contributed by atoms with Gasteiger partial charge in [0.05, 0.1) is 5.69 Å². The maximum Gasteiger partial charge on any atom is 0.112 e. The lowest BCUT2D eigenvalue weighted by atomic mass is 9.77. The van der Waals surface area contributed by atoms with Crippen molar-refractivity contribution in [1.29, 1.82) is 5.41 Å². The molecule has 0 unspecified atom stereocenters. The van der Waals surface area contributed by atoms with Crippen LogP contribution in [0.5, 0.6) is 0 Å². The van der Waals surface area contributed by atoms with Crippen molar-refractivity contribution in [3.8, 4) is 0 Å². The van der Waals surface area contributed by atoms with Crippen molar-refractivity contribution >= 4 is 16.9 Å². The van der Waals surface area contributed by atoms with Gasteiger partial charge in [-0.15, -0.1) is 0 Å². The third kappa shape index (κ3) is 5.35. The molecule has 3 aromatic rings. The summed E-state index contributed by atoms with van der Waals surface area (Å²) in [4.78, 5) is 8.86. The van der Waals surface area contributed by atoms with Gasteiger partial charge in [0, 0.05) is 38.8 Å². The van der Waals surface area contributed by atoms with Gasteiger partial charge in [-0.25, -0.2) is 4.98 Å². The minimum absolute atomic E-state index is 0.132. The van der Waals surface area contributed by atoms with E-state index in [0.29, 0.717) is 5.71 Å². The molecule has 0 saturated heterocycles. The number of hydrogen-bond acceptors (Lipinski definition) is 2. The fourth-order valence-corrected chi connectivity index (χ4v) is 3.85. The Morgan fingerprint density at radius 3 is 1.52 bits per heavy atom. The molecule has 33 heavy (non-hydrogen) atoms. The number of allylic oxidation sites excluding steroid dienone is 1. The Bertz CT molecular complexity index is 1100. The van der Waals surface area contributed by atoms with Crippen molar-refractivity contribution in [3.05, 3.63) is 89.0 Å². The van der Waals surface area contributed by atoms with E-state index in [9.17, 15) is 5.41 Å². The summed E-state index contributed by atoms with van der Waals surface area (Å²) < 4.78 is 0. The second-order valence-electron chi connectivity index (χ2n) is 11.9. The normalized spacial score (nSPS) is 12.5. The van der Waals surface area contributed by atoms with Crippen LogP contribution in [0.4, 0.5) is 0 Å². The van der Waals surface area contributed by atoms with E-state index in [1.807, 2.05) is 12.1 Å². The molecule has 0 spiro atoms. The third-order valence-electron chi connectivity index (χ3n) is 5.78. The highest BCUT2D eigenvalue weighted by Gasteiger charge is 2.34. The molecule has 0 saturated carbocycles. The second-order valence-corrected chi connectivity index (χ2v) is 11.9. The maximum absolute atomic E-state index is 9.42. The number of imidazole rings is 1. The first-order valence-electron chi connectivity index (χ1n) is 11.8. The Morgan fingerprint density at radius 2 is 1.15 bits per heavy atom. The first-order valence-corrected chi connectivity index (χ1v) is 11.8. The fraction of sp³-hybridized carbons (Fsp3) is 0.400. The molecule has 1 aromatic heterocycles. The zero-order chi connectivity index (χ0) is 24.6. The SMILES string of the molecule is CC(C)(C)C(=N)C(=C(c1ccccc1)c1ccccc1)c1nc(C(C)(C)C)[nH]c1C(C)(C)C. The molecular weight excluding hydrogens is 402 g/mol. The topological polar surface area (TPSA) is 52.5 Å². The number of benzene rings is 2. The zero-order valence-corrected chi connectivity index (χ0v) is 21.7. The summed E-state index contributed by atoms with van der Waals surface area (Å²) in [5, 5.41) is 9.42. The van der Waals surface area contributed by atoms with Crippen molar-refractivity contribution in [1.82, 2.24) is 9.97 Å². The van der Waals surface area contributed by atoms with Gasteiger partial charge >= 0.3 is 0 Å². The quantitative estimate of drug-likeness (QED) is 0.396. The van der Waals surface area contributed by atoms with Crippen LogP contribution in [0.2, 0.25) is 0 Å². The average Bonchev–Trinajstić information content (AvgIpc) is 3.18. The Balaban J connectivity index is 2.54. The van der Waals surface area contributed by atoms with E-state index in [0.717, 1.165) is 39.5 Å². The molecule has 0 fully saturated rings. The lowest BCUT2D eigenvalue weighted by Gasteiger charge is -2.27. The Labute approximate surface area is 199 Å². The minimum atomic E-state index is -0.347. The van der Waals surface area contributed by atoms with Crippen molar-refractivity contribution < 1.29 is 0 Å². The van der Waals surface area contributed by atoms with E-state index in [-0.39, 0.29) is 16.2 Å². The highest BCUT2D eigenvalue weighted by atomic mass is 15.0. The maximum atomic E-state index is 9.42. The molecule has 0 aliphatic heterocycles. The van der Waals surface area contributed by atoms with E-state index in [1.54, 1.807) is 0 Å². The molecule has 1 heterocycles. The zero-order valence-electron chi connectivity index (χ0n) is 21.7. The van der Waals surface area contributed by atoms with Gasteiger partial charge in [0.25, 0.3) is 0 Å². The number of rotatable bonds is 4. The predicted molar refractivity (Wildman–Crippen MR) is 142 cm³/mol. The van der Waals surface area contributed by atoms with Crippen LogP contribution in [-0.4, -0.2) is 15.7 Å². The summed E-state index contributed by atoms with van der Waals surface area (Å²) in [6.45, 7) is 19.5. The number of H-pyrrole nitrogens is 1. The van der Waals surface area contributed by atoms with Gasteiger partial charge in [0.15, 0.2) is 0 Å². The van der Waals surface area contributed by atoms with Crippen molar-refractivity contribution in [2.75, 3.05) is 0 Å². The molecule has 3 rings (SSSR count). The van der Waals surface area contributed by atoms with E-state index >= 15 is 0 Å². The van der Waals surface area contributed by atoms with Crippen LogP contribution in [-0.2, 0) is 10.8 Å². The van der Waals surface area contributed by atoms with Gasteiger partial charge in [-0.05, 0) is 11.1 Å². The Kier molecular flexibility index (Phi) is 6.57. The molecule has 0 radical (unpaired) electrons. The van der Waals surface area contributed by atoms with Gasteiger partial charge in [-0.1, -0.05) is 123 Å². The molecule has 0 atom stereocenters. The van der Waals surface area contributed by atoms with E-state index in [2.05, 4.69) is 116 Å². The first-order chi connectivity index (χ1) is 15.2. The number of nitrogens with one attached hydrogen (secondary N) is 2. The number of hydrogen-bond donors (Lipinski definition) is 2. The largest absolute Gasteiger partial charge is 0.344 e. The summed E-state index contributed by atoms with van der Waals surface area (Å²) in [6, 6.07) is 20.8. The summed E-state index contributed by atoms with van der Waals surface area (Å²) >= 11 is 0. The molecule has 2 N–H and O–H groups in total. The summed E-state index contributed by atoms with van der Waals surface area (Å²) in [6.07, 6.45) is 0. The summed E-state index contributed by atoms with van der Waals surface area (Å²) in [5.41, 5.74) is 6.03. The Morgan fingerprint density at radius 1 is 0.697 bits per heavy atom. The Hall–Kier alpha value is -2.94. The van der Waals surface area contributed by atoms with Crippen LogP contribution in [0.3, 0.4) is 0 Å². The molecule has 0 bridgehead atoms. The van der Waals surface area contributed by atoms with E-state index in [1.165, 1.54) is 0 Å². The van der Waals surface area contributed by atoms with Crippen LogP contribution in [0.25, 0.3) is 11.1 Å². The van der Waals surface area contributed by atoms with Gasteiger partial charge in [0.1, 0.15) is 5.82 Å². The number of aromatic nitrogens is 2. The number of nitrogens with zero attached hydrogens (tertiary/aromatic N) is 1. The van der Waals surface area contributed by atoms with Gasteiger partial charge < -0.3 is 10.4 Å². The number of aromatic amines is 1. The van der Waals surface area contributed by atoms with Crippen molar-refractivity contribution in [2.24, 2.45) is 5.41 Å². The molecule has 0 aliphatic carbocycles. The van der Waals surface area contributed by atoms with Gasteiger partial charge in [0.2, 0.25) is 0 Å². The predicted octanol–water partition coefficient (Wildman–Crippen LogP) is 8.03. The lowest BCUT2D eigenvalue weighted by molar-refractivity contribution is 0.535. The first kappa shape index (κ1) is 24.7. The van der Waals surface area contributed by atoms with Crippen LogP contribution in [0, 0.1) is 10.8 Å². The van der Waals surface area contributed by atoms with Crippen LogP contribution in [0.1, 0.15) is 90.7 Å². The average molecular weight is 442 g/mol. The standard InChI is InChI=1S/C30H39N3/c1-28(2,3)25(31)23(24-26(29(4,5)6)33-27(32-24)30(7,8)9)22(20-16-12-10-13-17-20)21-18-14-11-15-19-21/h10-19,31H,1-9H3,(H,32,33). The highest BCUT2D eigenvalue weighted by molar-refractivity contribution is 6.32. The monoisotopic (exact) mass is 441 g/mol. The fourth-order valence-electron chi connectivity index (χ4n) is 3.85. The molecular formula is C30H39N3. The van der Waals surface area contributed by atoms with Crippen molar-refractivity contribution in [2.45, 2.75) is 73.1 Å². The van der Waals surface area contributed by atoms with Crippen LogP contribution in [0.15, 0.2) is 60.7 Å². The minimum Gasteiger partial charge on any atom is -0.344 e. The summed E-state index contributed by atoms with van der Waals surface area (Å²) in [5.74, 6) is 0.946. The van der Waals surface area contributed by atoms with Crippen molar-refractivity contribution in [3.63, 3.8) is 0 Å². The third-order valence-corrected chi connectivity index (χ3v) is 5.78. The smallest absolute Gasteiger partial charge is 0.112 e. The molecule has 3 heteroatoms. The highest BCUT2D eigenvalue weighted by Crippen LogP contribution is 2.41.